The molecular weight excluding hydrogens is 388 g/mol. The summed E-state index contributed by atoms with van der Waals surface area (Å²) in [6.45, 7) is 9.56. The number of thioether (sulfide) groups is 1. The number of carboxylic acids is 1. The van der Waals surface area contributed by atoms with Crippen molar-refractivity contribution in [3.8, 4) is 0 Å². The van der Waals surface area contributed by atoms with E-state index in [0.29, 0.717) is 5.75 Å². The van der Waals surface area contributed by atoms with Crippen molar-refractivity contribution in [2.45, 2.75) is 66.3 Å². The molecule has 0 aliphatic carbocycles. The number of allylic oxidation sites excluding steroid dienone is 5. The highest BCUT2D eigenvalue weighted by Crippen LogP contribution is 2.13. The number of hydrogen-bond acceptors (Lipinski definition) is 4. The van der Waals surface area contributed by atoms with Crippen LogP contribution in [0, 0.1) is 0 Å². The maximum atomic E-state index is 11.7. The van der Waals surface area contributed by atoms with Gasteiger partial charge in [-0.1, -0.05) is 34.9 Å². The molecule has 0 bridgehead atoms. The fourth-order valence-corrected chi connectivity index (χ4v) is 3.35. The second-order valence-electron chi connectivity index (χ2n) is 7.37. The Labute approximate surface area is 179 Å². The van der Waals surface area contributed by atoms with Gasteiger partial charge in [0.15, 0.2) is 0 Å². The maximum absolute atomic E-state index is 11.7. The van der Waals surface area contributed by atoms with Crippen LogP contribution < -0.4 is 10.6 Å². The molecular formula is C22H36N2O4S. The molecule has 0 heterocycles. The first kappa shape index (κ1) is 27.0. The van der Waals surface area contributed by atoms with Crippen molar-refractivity contribution in [1.82, 2.24) is 10.6 Å². The summed E-state index contributed by atoms with van der Waals surface area (Å²) < 4.78 is 0. The number of nitrogens with one attached hydrogen (secondary N) is 2. The SMILES string of the molecule is CC(=O)NCC(=O)NC(CSCC=C(C)CCC=C(C)CCC=C(C)C)C(=O)O. The third-order valence-electron chi connectivity index (χ3n) is 4.09. The second-order valence-corrected chi connectivity index (χ2v) is 8.44. The van der Waals surface area contributed by atoms with Crippen LogP contribution in [0.3, 0.4) is 0 Å². The van der Waals surface area contributed by atoms with Gasteiger partial charge in [0.1, 0.15) is 6.04 Å². The van der Waals surface area contributed by atoms with Gasteiger partial charge in [0.2, 0.25) is 11.8 Å². The number of hydrogen-bond donors (Lipinski definition) is 3. The first-order valence-corrected chi connectivity index (χ1v) is 11.1. The van der Waals surface area contributed by atoms with E-state index < -0.39 is 17.9 Å². The Kier molecular flexibility index (Phi) is 14.7. The van der Waals surface area contributed by atoms with Crippen LogP contribution in [0.4, 0.5) is 0 Å². The van der Waals surface area contributed by atoms with Crippen LogP contribution >= 0.6 is 11.8 Å². The van der Waals surface area contributed by atoms with Crippen molar-refractivity contribution in [3.63, 3.8) is 0 Å². The molecule has 0 rings (SSSR count). The Morgan fingerprint density at radius 3 is 2.07 bits per heavy atom. The molecule has 0 aromatic heterocycles. The molecule has 6 nitrogen and oxygen atoms in total. The minimum absolute atomic E-state index is 0.218. The zero-order valence-electron chi connectivity index (χ0n) is 18.3. The predicted octanol–water partition coefficient (Wildman–Crippen LogP) is 3.84. The van der Waals surface area contributed by atoms with E-state index in [4.69, 9.17) is 0 Å². The quantitative estimate of drug-likeness (QED) is 0.291. The van der Waals surface area contributed by atoms with Gasteiger partial charge in [-0.05, 0) is 53.4 Å². The molecule has 164 valence electrons. The lowest BCUT2D eigenvalue weighted by Crippen LogP contribution is -2.46. The molecule has 29 heavy (non-hydrogen) atoms. The highest BCUT2D eigenvalue weighted by atomic mass is 32.2. The van der Waals surface area contributed by atoms with Gasteiger partial charge in [0.25, 0.3) is 0 Å². The van der Waals surface area contributed by atoms with Gasteiger partial charge in [0, 0.05) is 18.4 Å². The molecule has 0 aliphatic rings. The Bertz CT molecular complexity index is 635. The van der Waals surface area contributed by atoms with E-state index in [2.05, 4.69) is 56.6 Å². The number of amides is 2. The summed E-state index contributed by atoms with van der Waals surface area (Å²) in [6.07, 6.45) is 10.8. The first-order valence-electron chi connectivity index (χ1n) is 9.90. The number of carbonyl (C=O) groups is 3. The molecule has 0 aliphatic heterocycles. The Morgan fingerprint density at radius 2 is 1.52 bits per heavy atom. The Morgan fingerprint density at radius 1 is 0.931 bits per heavy atom. The normalized spacial score (nSPS) is 12.9. The topological polar surface area (TPSA) is 95.5 Å². The smallest absolute Gasteiger partial charge is 0.327 e. The van der Waals surface area contributed by atoms with E-state index in [0.717, 1.165) is 25.7 Å². The van der Waals surface area contributed by atoms with Crippen LogP contribution in [-0.4, -0.2) is 47.0 Å². The van der Waals surface area contributed by atoms with Crippen molar-refractivity contribution >= 4 is 29.5 Å². The van der Waals surface area contributed by atoms with E-state index in [1.54, 1.807) is 0 Å². The summed E-state index contributed by atoms with van der Waals surface area (Å²) in [7, 11) is 0. The van der Waals surface area contributed by atoms with Crippen molar-refractivity contribution in [3.05, 3.63) is 34.9 Å². The van der Waals surface area contributed by atoms with Crippen molar-refractivity contribution in [1.29, 1.82) is 0 Å². The molecule has 2 amide bonds. The number of carboxylic acid groups (broad SMARTS) is 1. The Balaban J connectivity index is 4.20. The average molecular weight is 425 g/mol. The zero-order chi connectivity index (χ0) is 22.2. The fraction of sp³-hybridized carbons (Fsp3) is 0.591. The van der Waals surface area contributed by atoms with Gasteiger partial charge in [-0.3, -0.25) is 9.59 Å². The zero-order valence-corrected chi connectivity index (χ0v) is 19.2. The van der Waals surface area contributed by atoms with Crippen LogP contribution in [0.5, 0.6) is 0 Å². The van der Waals surface area contributed by atoms with Crippen LogP contribution in [0.25, 0.3) is 0 Å². The van der Waals surface area contributed by atoms with Crippen LogP contribution in [-0.2, 0) is 14.4 Å². The van der Waals surface area contributed by atoms with E-state index in [9.17, 15) is 19.5 Å². The van der Waals surface area contributed by atoms with E-state index in [1.165, 1.54) is 35.4 Å². The summed E-state index contributed by atoms with van der Waals surface area (Å²) in [5, 5.41) is 14.0. The van der Waals surface area contributed by atoms with Gasteiger partial charge < -0.3 is 15.7 Å². The molecule has 0 fully saturated rings. The molecule has 7 heteroatoms. The number of carbonyl (C=O) groups excluding carboxylic acids is 2. The summed E-state index contributed by atoms with van der Waals surface area (Å²) >= 11 is 1.46. The van der Waals surface area contributed by atoms with Gasteiger partial charge in [-0.15, -0.1) is 0 Å². The van der Waals surface area contributed by atoms with Crippen LogP contribution in [0.1, 0.15) is 60.3 Å². The lowest BCUT2D eigenvalue weighted by Gasteiger charge is -2.14. The number of aliphatic carboxylic acids is 1. The third kappa shape index (κ3) is 16.6. The van der Waals surface area contributed by atoms with Crippen LogP contribution in [0.2, 0.25) is 0 Å². The lowest BCUT2D eigenvalue weighted by atomic mass is 10.1. The molecule has 3 N–H and O–H groups in total. The molecule has 1 unspecified atom stereocenters. The van der Waals surface area contributed by atoms with Gasteiger partial charge in [-0.2, -0.15) is 11.8 Å². The molecule has 1 atom stereocenters. The largest absolute Gasteiger partial charge is 0.480 e. The maximum Gasteiger partial charge on any atom is 0.327 e. The third-order valence-corrected chi connectivity index (χ3v) is 5.06. The fourth-order valence-electron chi connectivity index (χ4n) is 2.35. The molecule has 0 aromatic carbocycles. The summed E-state index contributed by atoms with van der Waals surface area (Å²) in [5.41, 5.74) is 4.03. The molecule has 0 radical (unpaired) electrons. The number of rotatable bonds is 14. The van der Waals surface area contributed by atoms with E-state index >= 15 is 0 Å². The van der Waals surface area contributed by atoms with Crippen molar-refractivity contribution < 1.29 is 19.5 Å². The monoisotopic (exact) mass is 424 g/mol. The summed E-state index contributed by atoms with van der Waals surface area (Å²) in [5.74, 6) is -0.955. The second kappa shape index (κ2) is 15.9. The summed E-state index contributed by atoms with van der Waals surface area (Å²) in [4.78, 5) is 33.7. The van der Waals surface area contributed by atoms with Crippen molar-refractivity contribution in [2.75, 3.05) is 18.1 Å². The van der Waals surface area contributed by atoms with Gasteiger partial charge in [-0.25, -0.2) is 4.79 Å². The van der Waals surface area contributed by atoms with Gasteiger partial charge in [0.05, 0.1) is 6.54 Å². The highest BCUT2D eigenvalue weighted by molar-refractivity contribution is 7.99. The molecule has 0 saturated carbocycles. The van der Waals surface area contributed by atoms with E-state index in [1.807, 2.05) is 0 Å². The molecule has 0 saturated heterocycles. The van der Waals surface area contributed by atoms with Crippen molar-refractivity contribution in [2.24, 2.45) is 0 Å². The first-order chi connectivity index (χ1) is 13.6. The highest BCUT2D eigenvalue weighted by Gasteiger charge is 2.19. The average Bonchev–Trinajstić information content (AvgIpc) is 2.61. The molecule has 0 spiro atoms. The summed E-state index contributed by atoms with van der Waals surface area (Å²) in [6, 6.07) is -0.971. The minimum atomic E-state index is -1.08. The van der Waals surface area contributed by atoms with E-state index in [-0.39, 0.29) is 18.2 Å². The van der Waals surface area contributed by atoms with Crippen LogP contribution in [0.15, 0.2) is 34.9 Å². The Hall–Kier alpha value is -2.02. The lowest BCUT2D eigenvalue weighted by molar-refractivity contribution is -0.141. The molecule has 0 aromatic rings. The predicted molar refractivity (Wildman–Crippen MR) is 121 cm³/mol. The minimum Gasteiger partial charge on any atom is -0.480 e. The van der Waals surface area contributed by atoms with Gasteiger partial charge >= 0.3 is 5.97 Å². The standard InChI is InChI=1S/C22H36N2O4S/c1-16(2)8-6-9-17(3)10-7-11-18(4)12-13-29-15-20(22(27)28)24-21(26)14-23-19(5)25/h8,10,12,20H,6-7,9,11,13-15H2,1-5H3,(H,23,25)(H,24,26)(H,27,28).